The number of nitrogens with zero attached hydrogens (tertiary/aromatic N) is 3. The summed E-state index contributed by atoms with van der Waals surface area (Å²) in [5, 5.41) is 4.94. The van der Waals surface area contributed by atoms with Crippen molar-refractivity contribution in [1.82, 2.24) is 9.66 Å². The summed E-state index contributed by atoms with van der Waals surface area (Å²) < 4.78 is 12.9. The molecule has 0 saturated carbocycles. The van der Waals surface area contributed by atoms with Gasteiger partial charge >= 0.3 is 5.97 Å². The maximum atomic E-state index is 13.2. The molecule has 1 aromatic heterocycles. The molecule has 3 rings (SSSR count). The Kier molecular flexibility index (Phi) is 7.22. The van der Waals surface area contributed by atoms with Crippen LogP contribution in [0.15, 0.2) is 50.8 Å². The van der Waals surface area contributed by atoms with Crippen LogP contribution in [0.4, 0.5) is 0 Å². The fourth-order valence-electron chi connectivity index (χ4n) is 3.02. The van der Waals surface area contributed by atoms with E-state index in [9.17, 15) is 9.59 Å². The zero-order chi connectivity index (χ0) is 22.5. The van der Waals surface area contributed by atoms with Crippen LogP contribution in [0.3, 0.4) is 0 Å². The third kappa shape index (κ3) is 5.19. The van der Waals surface area contributed by atoms with Crippen molar-refractivity contribution in [2.75, 3.05) is 6.61 Å². The van der Waals surface area contributed by atoms with Crippen molar-refractivity contribution in [1.29, 1.82) is 0 Å². The van der Waals surface area contributed by atoms with Crippen molar-refractivity contribution in [3.8, 4) is 11.5 Å². The molecule has 0 N–H and O–H groups in total. The van der Waals surface area contributed by atoms with Crippen LogP contribution < -0.4 is 15.0 Å². The molecule has 0 unspecified atom stereocenters. The second-order valence-corrected chi connectivity index (χ2v) is 7.95. The smallest absolute Gasteiger partial charge is 0.308 e. The molecular weight excluding hydrogens is 462 g/mol. The Hall–Kier alpha value is -3.00. The zero-order valence-electron chi connectivity index (χ0n) is 17.9. The quantitative estimate of drug-likeness (QED) is 0.270. The van der Waals surface area contributed by atoms with Crippen LogP contribution in [-0.2, 0) is 4.79 Å². The van der Waals surface area contributed by atoms with E-state index in [1.165, 1.54) is 11.6 Å². The summed E-state index contributed by atoms with van der Waals surface area (Å²) in [5.41, 5.74) is 1.09. The van der Waals surface area contributed by atoms with E-state index in [0.29, 0.717) is 40.4 Å². The molecule has 1 heterocycles. The molecule has 3 aromatic rings. The van der Waals surface area contributed by atoms with Crippen molar-refractivity contribution < 1.29 is 14.3 Å². The van der Waals surface area contributed by atoms with Gasteiger partial charge in [-0.05, 0) is 55.3 Å². The van der Waals surface area contributed by atoms with Crippen LogP contribution in [0.1, 0.15) is 51.4 Å². The minimum Gasteiger partial charge on any atom is -0.490 e. The number of hydrogen-bond donors (Lipinski definition) is 0. The fraction of sp³-hybridized carbons (Fsp3) is 0.304. The van der Waals surface area contributed by atoms with E-state index in [2.05, 4.69) is 21.0 Å². The lowest BCUT2D eigenvalue weighted by Gasteiger charge is -2.14. The predicted molar refractivity (Wildman–Crippen MR) is 124 cm³/mol. The van der Waals surface area contributed by atoms with Gasteiger partial charge in [-0.25, -0.2) is 4.98 Å². The molecule has 0 radical (unpaired) electrons. The van der Waals surface area contributed by atoms with Crippen LogP contribution in [0.25, 0.3) is 10.9 Å². The summed E-state index contributed by atoms with van der Waals surface area (Å²) in [4.78, 5) is 29.2. The van der Waals surface area contributed by atoms with Crippen LogP contribution in [-0.4, -0.2) is 28.5 Å². The molecule has 0 amide bonds. The number of fused-ring (bicyclic) bond motifs is 1. The van der Waals surface area contributed by atoms with Gasteiger partial charge in [0, 0.05) is 17.3 Å². The number of esters is 1. The number of aromatic nitrogens is 2. The number of carbonyl (C=O) groups excluding carboxylic acids is 1. The molecule has 0 spiro atoms. The first-order chi connectivity index (χ1) is 14.8. The van der Waals surface area contributed by atoms with Crippen LogP contribution in [0.2, 0.25) is 0 Å². The van der Waals surface area contributed by atoms with E-state index in [1.54, 1.807) is 30.5 Å². The minimum atomic E-state index is -0.430. The van der Waals surface area contributed by atoms with Gasteiger partial charge in [-0.1, -0.05) is 29.8 Å². The number of carbonyl (C=O) groups is 1. The molecule has 162 valence electrons. The number of halogens is 1. The van der Waals surface area contributed by atoms with E-state index in [1.807, 2.05) is 32.9 Å². The maximum Gasteiger partial charge on any atom is 0.308 e. The Balaban J connectivity index is 2.09. The van der Waals surface area contributed by atoms with Crippen molar-refractivity contribution in [2.45, 2.75) is 40.0 Å². The fourth-order valence-corrected chi connectivity index (χ4v) is 3.38. The third-order valence-corrected chi connectivity index (χ3v) is 5.22. The van der Waals surface area contributed by atoms with Crippen molar-refractivity contribution in [3.05, 3.63) is 62.6 Å². The second-order valence-electron chi connectivity index (χ2n) is 7.04. The minimum absolute atomic E-state index is 0.0447. The number of ether oxygens (including phenoxy) is 2. The Bertz CT molecular complexity index is 1200. The predicted octanol–water partition coefficient (Wildman–Crippen LogP) is 4.88. The second kappa shape index (κ2) is 9.87. The van der Waals surface area contributed by atoms with Crippen molar-refractivity contribution in [3.63, 3.8) is 0 Å². The third-order valence-electron chi connectivity index (χ3n) is 4.73. The largest absolute Gasteiger partial charge is 0.490 e. The first kappa shape index (κ1) is 22.7. The SMILES string of the molecule is CCOc1cc(C=Nn2c([C@@H](C)CC)nc3ccc(Br)cc3c2=O)ccc1OC(C)=O. The molecule has 1 atom stereocenters. The molecule has 8 heteroatoms. The van der Waals surface area contributed by atoms with Gasteiger partial charge in [0.25, 0.3) is 5.56 Å². The lowest BCUT2D eigenvalue weighted by atomic mass is 10.1. The molecule has 0 aliphatic rings. The van der Waals surface area contributed by atoms with Gasteiger partial charge in [-0.15, -0.1) is 0 Å². The van der Waals surface area contributed by atoms with Gasteiger partial charge in [0.05, 0.1) is 23.7 Å². The monoisotopic (exact) mass is 485 g/mol. The molecule has 0 aliphatic heterocycles. The van der Waals surface area contributed by atoms with E-state index >= 15 is 0 Å². The van der Waals surface area contributed by atoms with E-state index in [0.717, 1.165) is 10.9 Å². The van der Waals surface area contributed by atoms with Gasteiger partial charge in [0.2, 0.25) is 0 Å². The average Bonchev–Trinajstić information content (AvgIpc) is 2.74. The van der Waals surface area contributed by atoms with Crippen LogP contribution in [0, 0.1) is 0 Å². The number of hydrogen-bond acceptors (Lipinski definition) is 6. The lowest BCUT2D eigenvalue weighted by Crippen LogP contribution is -2.23. The number of rotatable bonds is 7. The first-order valence-electron chi connectivity index (χ1n) is 10.1. The van der Waals surface area contributed by atoms with Gasteiger partial charge in [0.15, 0.2) is 11.5 Å². The molecule has 0 bridgehead atoms. The Morgan fingerprint density at radius 3 is 2.68 bits per heavy atom. The van der Waals surface area contributed by atoms with E-state index < -0.39 is 5.97 Å². The topological polar surface area (TPSA) is 82.8 Å². The molecule has 0 fully saturated rings. The molecular formula is C23H24BrN3O4. The summed E-state index contributed by atoms with van der Waals surface area (Å²) in [6.07, 6.45) is 2.38. The lowest BCUT2D eigenvalue weighted by molar-refractivity contribution is -0.132. The van der Waals surface area contributed by atoms with Gasteiger partial charge in [-0.3, -0.25) is 9.59 Å². The van der Waals surface area contributed by atoms with Gasteiger partial charge in [0.1, 0.15) is 5.82 Å². The van der Waals surface area contributed by atoms with Gasteiger partial charge in [-0.2, -0.15) is 9.78 Å². The van der Waals surface area contributed by atoms with Crippen LogP contribution in [0.5, 0.6) is 11.5 Å². The number of benzene rings is 2. The molecule has 2 aromatic carbocycles. The van der Waals surface area contributed by atoms with Crippen molar-refractivity contribution >= 4 is 39.0 Å². The van der Waals surface area contributed by atoms with E-state index in [-0.39, 0.29) is 11.5 Å². The van der Waals surface area contributed by atoms with Gasteiger partial charge < -0.3 is 9.47 Å². The first-order valence-corrected chi connectivity index (χ1v) is 10.8. The Morgan fingerprint density at radius 2 is 2.00 bits per heavy atom. The summed E-state index contributed by atoms with van der Waals surface area (Å²) in [6, 6.07) is 10.5. The Labute approximate surface area is 188 Å². The summed E-state index contributed by atoms with van der Waals surface area (Å²) in [5.74, 6) is 0.974. The molecule has 0 aliphatic carbocycles. The molecule has 31 heavy (non-hydrogen) atoms. The molecule has 7 nitrogen and oxygen atoms in total. The Morgan fingerprint density at radius 1 is 1.23 bits per heavy atom. The average molecular weight is 486 g/mol. The highest BCUT2D eigenvalue weighted by Crippen LogP contribution is 2.28. The zero-order valence-corrected chi connectivity index (χ0v) is 19.5. The summed E-state index contributed by atoms with van der Waals surface area (Å²) in [7, 11) is 0. The summed E-state index contributed by atoms with van der Waals surface area (Å²) in [6.45, 7) is 7.64. The highest BCUT2D eigenvalue weighted by atomic mass is 79.9. The standard InChI is InChI=1S/C23H24BrN3O4/c1-5-14(3)22-26-19-9-8-17(24)12-18(19)23(29)27(22)25-13-16-7-10-20(31-15(4)28)21(11-16)30-6-2/h7-14H,5-6H2,1-4H3/t14-/m0/s1. The summed E-state index contributed by atoms with van der Waals surface area (Å²) >= 11 is 3.41. The molecule has 0 saturated heterocycles. The normalized spacial score (nSPS) is 12.3. The highest BCUT2D eigenvalue weighted by Gasteiger charge is 2.16. The highest BCUT2D eigenvalue weighted by molar-refractivity contribution is 9.10. The van der Waals surface area contributed by atoms with Crippen molar-refractivity contribution in [2.24, 2.45) is 5.10 Å². The van der Waals surface area contributed by atoms with E-state index in [4.69, 9.17) is 14.5 Å². The maximum absolute atomic E-state index is 13.2. The van der Waals surface area contributed by atoms with Crippen LogP contribution >= 0.6 is 15.9 Å².